The Bertz CT molecular complexity index is 514. The van der Waals surface area contributed by atoms with Crippen LogP contribution in [0.2, 0.25) is 0 Å². The van der Waals surface area contributed by atoms with Crippen molar-refractivity contribution in [3.8, 4) is 11.5 Å². The molecule has 0 unspecified atom stereocenters. The number of rotatable bonds is 2. The molecule has 2 aromatic rings. The first kappa shape index (κ1) is 11.3. The van der Waals surface area contributed by atoms with Gasteiger partial charge in [-0.25, -0.2) is 8.78 Å². The summed E-state index contributed by atoms with van der Waals surface area (Å²) >= 11 is 1.99. The van der Waals surface area contributed by atoms with Gasteiger partial charge in [0.25, 0.3) is 0 Å². The Morgan fingerprint density at radius 3 is 2.25 bits per heavy atom. The van der Waals surface area contributed by atoms with Gasteiger partial charge in [0.05, 0.1) is 0 Å². The van der Waals surface area contributed by atoms with Gasteiger partial charge in [0.2, 0.25) is 0 Å². The van der Waals surface area contributed by atoms with Crippen LogP contribution >= 0.6 is 22.6 Å². The van der Waals surface area contributed by atoms with Crippen molar-refractivity contribution in [2.24, 2.45) is 0 Å². The standard InChI is InChI=1S/C12H7F2IO/c13-9-3-1-2-4-11(9)16-12-6-5-8(15)7-10(12)14/h1-7H. The van der Waals surface area contributed by atoms with E-state index in [9.17, 15) is 8.78 Å². The molecule has 0 aliphatic rings. The predicted octanol–water partition coefficient (Wildman–Crippen LogP) is 4.36. The minimum absolute atomic E-state index is 0.0163. The zero-order chi connectivity index (χ0) is 11.5. The summed E-state index contributed by atoms with van der Waals surface area (Å²) in [5.74, 6) is -0.983. The van der Waals surface area contributed by atoms with Crippen molar-refractivity contribution in [2.45, 2.75) is 0 Å². The van der Waals surface area contributed by atoms with Crippen LogP contribution in [0.25, 0.3) is 0 Å². The molecule has 0 aromatic heterocycles. The van der Waals surface area contributed by atoms with Crippen LogP contribution < -0.4 is 4.74 Å². The van der Waals surface area contributed by atoms with Crippen molar-refractivity contribution in [2.75, 3.05) is 0 Å². The third kappa shape index (κ3) is 2.49. The highest BCUT2D eigenvalue weighted by Gasteiger charge is 2.08. The van der Waals surface area contributed by atoms with Gasteiger partial charge in [0, 0.05) is 3.57 Å². The van der Waals surface area contributed by atoms with E-state index in [2.05, 4.69) is 0 Å². The minimum Gasteiger partial charge on any atom is -0.451 e. The molecular formula is C12H7F2IO. The van der Waals surface area contributed by atoms with Gasteiger partial charge in [0.15, 0.2) is 23.1 Å². The molecule has 0 fully saturated rings. The third-order valence-electron chi connectivity index (χ3n) is 1.95. The summed E-state index contributed by atoms with van der Waals surface area (Å²) in [6.45, 7) is 0. The SMILES string of the molecule is Fc1ccccc1Oc1ccc(I)cc1F. The first-order chi connectivity index (χ1) is 7.66. The average molecular weight is 332 g/mol. The molecule has 0 radical (unpaired) electrons. The molecule has 0 spiro atoms. The van der Waals surface area contributed by atoms with Gasteiger partial charge >= 0.3 is 0 Å². The van der Waals surface area contributed by atoms with Gasteiger partial charge in [-0.2, -0.15) is 0 Å². The second-order valence-electron chi connectivity index (χ2n) is 3.11. The van der Waals surface area contributed by atoms with Crippen LogP contribution in [0.5, 0.6) is 11.5 Å². The average Bonchev–Trinajstić information content (AvgIpc) is 2.25. The van der Waals surface area contributed by atoms with Gasteiger partial charge < -0.3 is 4.74 Å². The summed E-state index contributed by atoms with van der Waals surface area (Å²) in [5.41, 5.74) is 0. The largest absolute Gasteiger partial charge is 0.451 e. The highest BCUT2D eigenvalue weighted by molar-refractivity contribution is 14.1. The molecular weight excluding hydrogens is 325 g/mol. The predicted molar refractivity (Wildman–Crippen MR) is 65.6 cm³/mol. The zero-order valence-corrected chi connectivity index (χ0v) is 10.2. The number of hydrogen-bond acceptors (Lipinski definition) is 1. The van der Waals surface area contributed by atoms with E-state index in [0.29, 0.717) is 0 Å². The lowest BCUT2D eigenvalue weighted by Crippen LogP contribution is -1.91. The van der Waals surface area contributed by atoms with Gasteiger partial charge in [-0.1, -0.05) is 12.1 Å². The van der Waals surface area contributed by atoms with Crippen molar-refractivity contribution in [3.63, 3.8) is 0 Å². The Hall–Kier alpha value is -1.17. The van der Waals surface area contributed by atoms with Gasteiger partial charge in [-0.15, -0.1) is 0 Å². The highest BCUT2D eigenvalue weighted by Crippen LogP contribution is 2.27. The molecule has 2 rings (SSSR count). The second-order valence-corrected chi connectivity index (χ2v) is 4.35. The van der Waals surface area contributed by atoms with Crippen molar-refractivity contribution in [3.05, 3.63) is 57.7 Å². The normalized spacial score (nSPS) is 10.2. The molecule has 0 amide bonds. The van der Waals surface area contributed by atoms with Crippen molar-refractivity contribution in [1.82, 2.24) is 0 Å². The van der Waals surface area contributed by atoms with E-state index in [1.807, 2.05) is 22.6 Å². The van der Waals surface area contributed by atoms with E-state index < -0.39 is 11.6 Å². The first-order valence-electron chi connectivity index (χ1n) is 4.54. The molecule has 82 valence electrons. The number of para-hydroxylation sites is 1. The minimum atomic E-state index is -0.513. The molecule has 0 N–H and O–H groups in total. The molecule has 4 heteroatoms. The fourth-order valence-electron chi connectivity index (χ4n) is 1.20. The van der Waals surface area contributed by atoms with Crippen LogP contribution in [0, 0.1) is 15.2 Å². The van der Waals surface area contributed by atoms with Gasteiger partial charge in [0.1, 0.15) is 0 Å². The lowest BCUT2D eigenvalue weighted by Gasteiger charge is -2.07. The van der Waals surface area contributed by atoms with Crippen LogP contribution in [0.3, 0.4) is 0 Å². The third-order valence-corrected chi connectivity index (χ3v) is 2.62. The Balaban J connectivity index is 2.31. The summed E-state index contributed by atoms with van der Waals surface area (Å²) in [6.07, 6.45) is 0. The smallest absolute Gasteiger partial charge is 0.166 e. The lowest BCUT2D eigenvalue weighted by atomic mass is 10.3. The van der Waals surface area contributed by atoms with E-state index in [4.69, 9.17) is 4.74 Å². The summed E-state index contributed by atoms with van der Waals surface area (Å²) < 4.78 is 32.6. The highest BCUT2D eigenvalue weighted by atomic mass is 127. The van der Waals surface area contributed by atoms with Gasteiger partial charge in [-0.05, 0) is 52.9 Å². The maximum Gasteiger partial charge on any atom is 0.166 e. The number of ether oxygens (including phenoxy) is 1. The van der Waals surface area contributed by atoms with Crippen LogP contribution in [-0.2, 0) is 0 Å². The lowest BCUT2D eigenvalue weighted by molar-refractivity contribution is 0.414. The van der Waals surface area contributed by atoms with E-state index in [-0.39, 0.29) is 11.5 Å². The van der Waals surface area contributed by atoms with E-state index >= 15 is 0 Å². The molecule has 0 heterocycles. The Morgan fingerprint density at radius 1 is 0.875 bits per heavy atom. The number of halogens is 3. The summed E-state index contributed by atoms with van der Waals surface area (Å²) in [6, 6.07) is 10.4. The zero-order valence-electron chi connectivity index (χ0n) is 8.08. The Labute approximate surface area is 105 Å². The molecule has 0 aliphatic carbocycles. The number of hydrogen-bond donors (Lipinski definition) is 0. The van der Waals surface area contributed by atoms with Crippen LogP contribution in [0.1, 0.15) is 0 Å². The second kappa shape index (κ2) is 4.78. The van der Waals surface area contributed by atoms with Crippen molar-refractivity contribution < 1.29 is 13.5 Å². The van der Waals surface area contributed by atoms with Crippen molar-refractivity contribution in [1.29, 1.82) is 0 Å². The maximum atomic E-state index is 13.4. The molecule has 1 nitrogen and oxygen atoms in total. The fraction of sp³-hybridized carbons (Fsp3) is 0. The topological polar surface area (TPSA) is 9.23 Å². The summed E-state index contributed by atoms with van der Waals surface area (Å²) in [7, 11) is 0. The molecule has 0 atom stereocenters. The molecule has 0 saturated carbocycles. The monoisotopic (exact) mass is 332 g/mol. The van der Waals surface area contributed by atoms with E-state index in [0.717, 1.165) is 3.57 Å². The van der Waals surface area contributed by atoms with Crippen LogP contribution in [-0.4, -0.2) is 0 Å². The Morgan fingerprint density at radius 2 is 1.56 bits per heavy atom. The number of benzene rings is 2. The van der Waals surface area contributed by atoms with Crippen LogP contribution in [0.4, 0.5) is 8.78 Å². The maximum absolute atomic E-state index is 13.4. The fourth-order valence-corrected chi connectivity index (χ4v) is 1.66. The van der Waals surface area contributed by atoms with E-state index in [1.54, 1.807) is 18.2 Å². The first-order valence-corrected chi connectivity index (χ1v) is 5.62. The molecule has 0 aliphatic heterocycles. The molecule has 16 heavy (non-hydrogen) atoms. The summed E-state index contributed by atoms with van der Waals surface area (Å²) in [5, 5.41) is 0. The van der Waals surface area contributed by atoms with Crippen LogP contribution in [0.15, 0.2) is 42.5 Å². The Kier molecular flexibility index (Phi) is 3.38. The summed E-state index contributed by atoms with van der Waals surface area (Å²) in [4.78, 5) is 0. The molecule has 2 aromatic carbocycles. The van der Waals surface area contributed by atoms with E-state index in [1.165, 1.54) is 24.3 Å². The van der Waals surface area contributed by atoms with Crippen molar-refractivity contribution >= 4 is 22.6 Å². The molecule has 0 bridgehead atoms. The van der Waals surface area contributed by atoms with Gasteiger partial charge in [-0.3, -0.25) is 0 Å². The molecule has 0 saturated heterocycles. The quantitative estimate of drug-likeness (QED) is 0.743.